The van der Waals surface area contributed by atoms with E-state index in [-0.39, 0.29) is 22.0 Å². The number of amides is 2. The predicted molar refractivity (Wildman–Crippen MR) is 90.4 cm³/mol. The van der Waals surface area contributed by atoms with E-state index in [1.807, 2.05) is 0 Å². The van der Waals surface area contributed by atoms with Gasteiger partial charge >= 0.3 is 6.03 Å². The number of anilines is 1. The highest BCUT2D eigenvalue weighted by atomic mass is 35.5. The summed E-state index contributed by atoms with van der Waals surface area (Å²) >= 11 is 5.89. The number of urea groups is 1. The predicted octanol–water partition coefficient (Wildman–Crippen LogP) is 1.10. The van der Waals surface area contributed by atoms with Gasteiger partial charge in [0.1, 0.15) is 0 Å². The lowest BCUT2D eigenvalue weighted by molar-refractivity contribution is 0.181. The van der Waals surface area contributed by atoms with Crippen molar-refractivity contribution in [3.8, 4) is 0 Å². The van der Waals surface area contributed by atoms with Crippen molar-refractivity contribution in [3.63, 3.8) is 0 Å². The minimum absolute atomic E-state index is 0.0448. The molecule has 0 bridgehead atoms. The van der Waals surface area contributed by atoms with E-state index in [2.05, 4.69) is 20.9 Å². The zero-order valence-corrected chi connectivity index (χ0v) is 14.8. The van der Waals surface area contributed by atoms with Gasteiger partial charge in [0.2, 0.25) is 0 Å². The van der Waals surface area contributed by atoms with Crippen LogP contribution in [0, 0.1) is 0 Å². The molecule has 1 fully saturated rings. The highest BCUT2D eigenvalue weighted by Gasteiger charge is 2.31. The average molecular weight is 386 g/mol. The number of aromatic nitrogens is 3. The first-order valence-corrected chi connectivity index (χ1v) is 9.62. The van der Waals surface area contributed by atoms with Gasteiger partial charge in [-0.2, -0.15) is 0 Å². The van der Waals surface area contributed by atoms with E-state index in [1.165, 1.54) is 18.2 Å². The molecule has 1 aromatic heterocycles. The molecule has 1 aliphatic heterocycles. The first-order valence-electron chi connectivity index (χ1n) is 7.35. The lowest BCUT2D eigenvalue weighted by Crippen LogP contribution is -2.43. The van der Waals surface area contributed by atoms with Crippen LogP contribution in [0.2, 0.25) is 5.02 Å². The number of sulfone groups is 1. The van der Waals surface area contributed by atoms with Crippen LogP contribution in [0.25, 0.3) is 0 Å². The Balaban J connectivity index is 1.69. The fourth-order valence-electron chi connectivity index (χ4n) is 2.54. The van der Waals surface area contributed by atoms with Crippen LogP contribution < -0.4 is 10.6 Å². The maximum Gasteiger partial charge on any atom is 0.319 e. The van der Waals surface area contributed by atoms with Crippen LogP contribution in [0.4, 0.5) is 10.5 Å². The molecule has 0 radical (unpaired) electrons. The number of rotatable bonds is 4. The first-order chi connectivity index (χ1) is 11.8. The number of hydrogen-bond acceptors (Lipinski definition) is 6. The molecule has 2 atom stereocenters. The summed E-state index contributed by atoms with van der Waals surface area (Å²) in [5.41, 5.74) is 0.318. The van der Waals surface area contributed by atoms with Crippen molar-refractivity contribution in [1.82, 2.24) is 20.3 Å². The van der Waals surface area contributed by atoms with Gasteiger partial charge in [-0.15, -0.1) is 5.10 Å². The van der Waals surface area contributed by atoms with Crippen molar-refractivity contribution in [2.24, 2.45) is 0 Å². The van der Waals surface area contributed by atoms with Crippen LogP contribution in [0.3, 0.4) is 0 Å². The van der Waals surface area contributed by atoms with Gasteiger partial charge in [0.05, 0.1) is 41.4 Å². The van der Waals surface area contributed by atoms with Crippen molar-refractivity contribution in [2.75, 3.05) is 24.8 Å². The van der Waals surface area contributed by atoms with Gasteiger partial charge in [-0.25, -0.2) is 17.9 Å². The number of ether oxygens (including phenoxy) is 1. The van der Waals surface area contributed by atoms with Gasteiger partial charge in [0, 0.05) is 18.1 Å². The molecule has 1 aliphatic rings. The number of carbonyl (C=O) groups is 1. The monoisotopic (exact) mass is 385 g/mol. The summed E-state index contributed by atoms with van der Waals surface area (Å²) in [6.07, 6.45) is 4.30. The minimum atomic E-state index is -3.49. The summed E-state index contributed by atoms with van der Waals surface area (Å²) in [7, 11) is -3.49. The molecular formula is C14H16ClN5O4S. The summed E-state index contributed by atoms with van der Waals surface area (Å²) in [5, 5.41) is 13.2. The van der Waals surface area contributed by atoms with Gasteiger partial charge in [-0.05, 0) is 18.2 Å². The zero-order chi connectivity index (χ0) is 18.0. The molecule has 0 saturated carbocycles. The number of nitrogens with one attached hydrogen (secondary N) is 2. The third kappa shape index (κ3) is 4.09. The van der Waals surface area contributed by atoms with Crippen LogP contribution in [0.1, 0.15) is 6.04 Å². The Morgan fingerprint density at radius 3 is 2.88 bits per heavy atom. The third-order valence-corrected chi connectivity index (χ3v) is 5.31. The van der Waals surface area contributed by atoms with E-state index in [1.54, 1.807) is 17.1 Å². The van der Waals surface area contributed by atoms with E-state index in [0.717, 1.165) is 6.26 Å². The van der Waals surface area contributed by atoms with Gasteiger partial charge in [0.25, 0.3) is 0 Å². The second-order valence-corrected chi connectivity index (χ2v) is 8.00. The number of halogens is 1. The fraction of sp³-hybridized carbons (Fsp3) is 0.357. The van der Waals surface area contributed by atoms with Crippen LogP contribution in [0.5, 0.6) is 0 Å². The maximum absolute atomic E-state index is 12.2. The van der Waals surface area contributed by atoms with Crippen LogP contribution in [-0.2, 0) is 14.6 Å². The zero-order valence-electron chi connectivity index (χ0n) is 13.2. The van der Waals surface area contributed by atoms with Crippen LogP contribution in [0.15, 0.2) is 35.5 Å². The van der Waals surface area contributed by atoms with Gasteiger partial charge < -0.3 is 15.4 Å². The van der Waals surface area contributed by atoms with Crippen LogP contribution >= 0.6 is 11.6 Å². The molecule has 1 saturated heterocycles. The fourth-order valence-corrected chi connectivity index (χ4v) is 3.84. The molecule has 2 amide bonds. The minimum Gasteiger partial charge on any atom is -0.377 e. The summed E-state index contributed by atoms with van der Waals surface area (Å²) in [4.78, 5) is 12.2. The van der Waals surface area contributed by atoms with E-state index in [9.17, 15) is 13.2 Å². The Morgan fingerprint density at radius 1 is 1.40 bits per heavy atom. The Bertz CT molecular complexity index is 871. The van der Waals surface area contributed by atoms with Crippen molar-refractivity contribution in [3.05, 3.63) is 35.6 Å². The molecule has 134 valence electrons. The van der Waals surface area contributed by atoms with Gasteiger partial charge in [0.15, 0.2) is 9.84 Å². The first kappa shape index (κ1) is 17.6. The van der Waals surface area contributed by atoms with E-state index in [4.69, 9.17) is 16.3 Å². The molecule has 1 aromatic carbocycles. The molecule has 11 heteroatoms. The molecule has 0 aliphatic carbocycles. The van der Waals surface area contributed by atoms with Gasteiger partial charge in [-0.3, -0.25) is 0 Å². The molecule has 25 heavy (non-hydrogen) atoms. The second kappa shape index (κ2) is 6.98. The summed E-state index contributed by atoms with van der Waals surface area (Å²) < 4.78 is 30.4. The lowest BCUT2D eigenvalue weighted by atomic mass is 10.2. The number of benzene rings is 1. The van der Waals surface area contributed by atoms with Crippen molar-refractivity contribution in [1.29, 1.82) is 0 Å². The molecule has 9 nitrogen and oxygen atoms in total. The Kier molecular flexibility index (Phi) is 4.93. The van der Waals surface area contributed by atoms with Crippen molar-refractivity contribution < 1.29 is 17.9 Å². The molecule has 0 spiro atoms. The van der Waals surface area contributed by atoms with E-state index < -0.39 is 15.9 Å². The summed E-state index contributed by atoms with van der Waals surface area (Å²) in [5.74, 6) is 0. The average Bonchev–Trinajstić information content (AvgIpc) is 3.18. The second-order valence-electron chi connectivity index (χ2n) is 5.61. The number of carbonyl (C=O) groups excluding carboxylic acids is 1. The number of hydrogen-bond donors (Lipinski definition) is 2. The van der Waals surface area contributed by atoms with Crippen molar-refractivity contribution >= 4 is 33.2 Å². The largest absolute Gasteiger partial charge is 0.377 e. The highest BCUT2D eigenvalue weighted by Crippen LogP contribution is 2.25. The van der Waals surface area contributed by atoms with E-state index >= 15 is 0 Å². The molecular weight excluding hydrogens is 370 g/mol. The van der Waals surface area contributed by atoms with E-state index in [0.29, 0.717) is 18.9 Å². The summed E-state index contributed by atoms with van der Waals surface area (Å²) in [6, 6.07) is 3.33. The molecule has 3 rings (SSSR count). The summed E-state index contributed by atoms with van der Waals surface area (Å²) in [6.45, 7) is 0.751. The molecule has 2 heterocycles. The quantitative estimate of drug-likeness (QED) is 0.814. The number of nitrogens with zero attached hydrogens (tertiary/aromatic N) is 3. The highest BCUT2D eigenvalue weighted by molar-refractivity contribution is 7.90. The van der Waals surface area contributed by atoms with Gasteiger partial charge in [-0.1, -0.05) is 16.8 Å². The van der Waals surface area contributed by atoms with Crippen LogP contribution in [-0.4, -0.2) is 55.0 Å². The third-order valence-electron chi connectivity index (χ3n) is 3.74. The maximum atomic E-state index is 12.2. The smallest absolute Gasteiger partial charge is 0.319 e. The normalized spacial score (nSPS) is 20.4. The topological polar surface area (TPSA) is 115 Å². The van der Waals surface area contributed by atoms with Crippen molar-refractivity contribution in [2.45, 2.75) is 17.0 Å². The molecule has 2 aromatic rings. The Hall–Kier alpha value is -2.17. The molecule has 2 N–H and O–H groups in total. The Labute approximate surface area is 149 Å². The lowest BCUT2D eigenvalue weighted by Gasteiger charge is -2.19. The molecule has 0 unspecified atom stereocenters. The SMILES string of the molecule is CS(=O)(=O)c1cc(NC(=O)N[C@H]2COC[C@H]2n2ccnn2)ccc1Cl. The Morgan fingerprint density at radius 2 is 2.20 bits per heavy atom. The standard InChI is InChI=1S/C14H16ClN5O4S/c1-25(22,23)13-6-9(2-3-10(13)15)17-14(21)18-11-7-24-8-12(11)20-5-4-16-19-20/h2-6,11-12H,7-8H2,1H3,(H2,17,18,21)/t11-,12+/m0/s1.